The van der Waals surface area contributed by atoms with Crippen LogP contribution in [-0.2, 0) is 0 Å². The molecule has 0 saturated heterocycles. The Morgan fingerprint density at radius 3 is 2.47 bits per heavy atom. The third-order valence-corrected chi connectivity index (χ3v) is 5.02. The molecule has 0 aliphatic rings. The average molecular weight is 460 g/mol. The van der Waals surface area contributed by atoms with Gasteiger partial charge in [-0.05, 0) is 47.0 Å². The highest BCUT2D eigenvalue weighted by molar-refractivity contribution is 6.33. The maximum absolute atomic E-state index is 13.0. The molecule has 0 aliphatic carbocycles. The molecule has 3 aromatic rings. The molecule has 0 fully saturated rings. The molecule has 0 bridgehead atoms. The maximum Gasteiger partial charge on any atom is 0.255 e. The lowest BCUT2D eigenvalue weighted by molar-refractivity contribution is 0.0936. The Bertz CT molecular complexity index is 1070. The molecule has 1 amide bonds. The molecule has 0 radical (unpaired) electrons. The minimum atomic E-state index is -0.335. The molecule has 170 valence electrons. The molecule has 1 unspecified atom stereocenters. The van der Waals surface area contributed by atoms with Gasteiger partial charge >= 0.3 is 0 Å². The SMILES string of the molecule is COc1cc(C(C)NC(=O)c2cc(Cl)c(-n3cnnn3)cc2OC)ccc1OCC(C)C. The zero-order chi connectivity index (χ0) is 23.3. The summed E-state index contributed by atoms with van der Waals surface area (Å²) in [5.74, 6) is 1.68. The fourth-order valence-electron chi connectivity index (χ4n) is 3.02. The second-order valence-corrected chi connectivity index (χ2v) is 7.98. The van der Waals surface area contributed by atoms with Gasteiger partial charge in [0.2, 0.25) is 0 Å². The number of rotatable bonds is 9. The fourth-order valence-corrected chi connectivity index (χ4v) is 3.27. The van der Waals surface area contributed by atoms with E-state index < -0.39 is 0 Å². The van der Waals surface area contributed by atoms with Crippen LogP contribution in [0.4, 0.5) is 0 Å². The van der Waals surface area contributed by atoms with Gasteiger partial charge in [-0.3, -0.25) is 4.79 Å². The van der Waals surface area contributed by atoms with Crippen LogP contribution in [0.5, 0.6) is 17.2 Å². The van der Waals surface area contributed by atoms with E-state index >= 15 is 0 Å². The van der Waals surface area contributed by atoms with Gasteiger partial charge in [-0.15, -0.1) is 5.10 Å². The van der Waals surface area contributed by atoms with E-state index in [9.17, 15) is 4.79 Å². The van der Waals surface area contributed by atoms with Crippen LogP contribution in [-0.4, -0.2) is 46.9 Å². The van der Waals surface area contributed by atoms with E-state index in [1.807, 2.05) is 25.1 Å². The number of nitrogens with one attached hydrogen (secondary N) is 1. The number of amides is 1. The van der Waals surface area contributed by atoms with Crippen molar-refractivity contribution in [2.75, 3.05) is 20.8 Å². The van der Waals surface area contributed by atoms with Crippen molar-refractivity contribution in [3.8, 4) is 22.9 Å². The summed E-state index contributed by atoms with van der Waals surface area (Å²) in [6, 6.07) is 8.43. The molecular formula is C22H26ClN5O4. The van der Waals surface area contributed by atoms with Crippen molar-refractivity contribution in [3.63, 3.8) is 0 Å². The minimum absolute atomic E-state index is 0.296. The largest absolute Gasteiger partial charge is 0.496 e. The molecule has 0 aliphatic heterocycles. The second-order valence-electron chi connectivity index (χ2n) is 7.57. The average Bonchev–Trinajstić information content (AvgIpc) is 3.31. The number of hydrogen-bond acceptors (Lipinski definition) is 7. The Morgan fingerprint density at radius 2 is 1.84 bits per heavy atom. The Balaban J connectivity index is 1.80. The summed E-state index contributed by atoms with van der Waals surface area (Å²) in [5, 5.41) is 14.3. The van der Waals surface area contributed by atoms with Crippen LogP contribution < -0.4 is 19.5 Å². The molecule has 2 aromatic carbocycles. The van der Waals surface area contributed by atoms with E-state index in [0.717, 1.165) is 5.56 Å². The first-order valence-corrected chi connectivity index (χ1v) is 10.4. The summed E-state index contributed by atoms with van der Waals surface area (Å²) in [5.41, 5.74) is 1.66. The van der Waals surface area contributed by atoms with Gasteiger partial charge in [0, 0.05) is 6.07 Å². The van der Waals surface area contributed by atoms with Gasteiger partial charge in [-0.25, -0.2) is 0 Å². The third-order valence-electron chi connectivity index (χ3n) is 4.72. The summed E-state index contributed by atoms with van der Waals surface area (Å²) in [6.45, 7) is 6.62. The summed E-state index contributed by atoms with van der Waals surface area (Å²) < 4.78 is 18.1. The van der Waals surface area contributed by atoms with Gasteiger partial charge in [0.05, 0.1) is 43.1 Å². The number of nitrogens with zero attached hydrogens (tertiary/aromatic N) is 4. The van der Waals surface area contributed by atoms with Crippen LogP contribution in [0, 0.1) is 5.92 Å². The van der Waals surface area contributed by atoms with Gasteiger partial charge in [0.15, 0.2) is 11.5 Å². The van der Waals surface area contributed by atoms with Crippen molar-refractivity contribution in [2.45, 2.75) is 26.8 Å². The maximum atomic E-state index is 13.0. The molecule has 1 heterocycles. The molecule has 9 nitrogen and oxygen atoms in total. The lowest BCUT2D eigenvalue weighted by Gasteiger charge is -2.19. The molecule has 10 heteroatoms. The third kappa shape index (κ3) is 5.28. The van der Waals surface area contributed by atoms with E-state index in [0.29, 0.717) is 46.0 Å². The Labute approximate surface area is 191 Å². The van der Waals surface area contributed by atoms with Crippen LogP contribution in [0.2, 0.25) is 5.02 Å². The number of ether oxygens (including phenoxy) is 3. The van der Waals surface area contributed by atoms with Crippen molar-refractivity contribution in [1.82, 2.24) is 25.5 Å². The molecular weight excluding hydrogens is 434 g/mol. The first-order chi connectivity index (χ1) is 15.3. The number of methoxy groups -OCH3 is 2. The number of hydrogen-bond donors (Lipinski definition) is 1. The molecule has 0 saturated carbocycles. The number of halogens is 1. The lowest BCUT2D eigenvalue weighted by Crippen LogP contribution is -2.27. The number of tetrazole rings is 1. The molecule has 1 N–H and O–H groups in total. The normalized spacial score (nSPS) is 11.8. The van der Waals surface area contributed by atoms with Crippen LogP contribution >= 0.6 is 11.6 Å². The van der Waals surface area contributed by atoms with Gasteiger partial charge in [-0.2, -0.15) is 4.68 Å². The molecule has 1 aromatic heterocycles. The van der Waals surface area contributed by atoms with Gasteiger partial charge in [-0.1, -0.05) is 31.5 Å². The highest BCUT2D eigenvalue weighted by Gasteiger charge is 2.20. The van der Waals surface area contributed by atoms with E-state index in [-0.39, 0.29) is 11.9 Å². The summed E-state index contributed by atoms with van der Waals surface area (Å²) >= 11 is 6.37. The summed E-state index contributed by atoms with van der Waals surface area (Å²) in [7, 11) is 3.07. The van der Waals surface area contributed by atoms with Crippen molar-refractivity contribution < 1.29 is 19.0 Å². The first kappa shape index (κ1) is 23.3. The van der Waals surface area contributed by atoms with Crippen LogP contribution in [0.3, 0.4) is 0 Å². The molecule has 32 heavy (non-hydrogen) atoms. The minimum Gasteiger partial charge on any atom is -0.496 e. The van der Waals surface area contributed by atoms with Crippen molar-refractivity contribution >= 4 is 17.5 Å². The predicted molar refractivity (Wildman–Crippen MR) is 120 cm³/mol. The molecule has 3 rings (SSSR count). The highest BCUT2D eigenvalue weighted by atomic mass is 35.5. The predicted octanol–water partition coefficient (Wildman–Crippen LogP) is 3.86. The van der Waals surface area contributed by atoms with Crippen molar-refractivity contribution in [1.29, 1.82) is 0 Å². The molecule has 0 spiro atoms. The Kier molecular flexibility index (Phi) is 7.53. The number of carbonyl (C=O) groups is 1. The second kappa shape index (κ2) is 10.3. The highest BCUT2D eigenvalue weighted by Crippen LogP contribution is 2.32. The van der Waals surface area contributed by atoms with Crippen molar-refractivity contribution in [3.05, 3.63) is 52.8 Å². The Morgan fingerprint density at radius 1 is 1.09 bits per heavy atom. The number of benzene rings is 2. The number of carbonyl (C=O) groups excluding carboxylic acids is 1. The summed E-state index contributed by atoms with van der Waals surface area (Å²) in [4.78, 5) is 13.0. The monoisotopic (exact) mass is 459 g/mol. The summed E-state index contributed by atoms with van der Waals surface area (Å²) in [6.07, 6.45) is 1.41. The van der Waals surface area contributed by atoms with E-state index in [4.69, 9.17) is 25.8 Å². The lowest BCUT2D eigenvalue weighted by atomic mass is 10.1. The van der Waals surface area contributed by atoms with E-state index in [1.54, 1.807) is 13.2 Å². The zero-order valence-corrected chi connectivity index (χ0v) is 19.4. The fraction of sp³-hybridized carbons (Fsp3) is 0.364. The van der Waals surface area contributed by atoms with Gasteiger partial charge in [0.25, 0.3) is 5.91 Å². The van der Waals surface area contributed by atoms with E-state index in [1.165, 1.54) is 24.2 Å². The quantitative estimate of drug-likeness (QED) is 0.518. The van der Waals surface area contributed by atoms with Gasteiger partial charge < -0.3 is 19.5 Å². The molecule has 1 atom stereocenters. The van der Waals surface area contributed by atoms with Crippen LogP contribution in [0.1, 0.15) is 42.7 Å². The van der Waals surface area contributed by atoms with Crippen LogP contribution in [0.15, 0.2) is 36.7 Å². The van der Waals surface area contributed by atoms with Crippen LogP contribution in [0.25, 0.3) is 5.69 Å². The van der Waals surface area contributed by atoms with Crippen molar-refractivity contribution in [2.24, 2.45) is 5.92 Å². The Hall–Kier alpha value is -3.33. The number of aromatic nitrogens is 4. The smallest absolute Gasteiger partial charge is 0.255 e. The first-order valence-electron chi connectivity index (χ1n) is 10.1. The van der Waals surface area contributed by atoms with E-state index in [2.05, 4.69) is 34.7 Å². The zero-order valence-electron chi connectivity index (χ0n) is 18.6. The van der Waals surface area contributed by atoms with Gasteiger partial charge in [0.1, 0.15) is 12.1 Å². The topological polar surface area (TPSA) is 100 Å². The standard InChI is InChI=1S/C22H26ClN5O4/c1-13(2)11-32-19-7-6-15(8-21(19)31-5)14(3)25-22(29)16-9-17(23)18(10-20(16)30-4)28-12-24-26-27-28/h6-10,12-14H,11H2,1-5H3,(H,25,29).